The fourth-order valence-electron chi connectivity index (χ4n) is 4.27. The quantitative estimate of drug-likeness (QED) is 0.606. The van der Waals surface area contributed by atoms with E-state index in [0.29, 0.717) is 24.9 Å². The van der Waals surface area contributed by atoms with Crippen molar-refractivity contribution in [3.8, 4) is 0 Å². The molecule has 0 bridgehead atoms. The molecular weight excluding hydrogens is 479 g/mol. The van der Waals surface area contributed by atoms with Crippen molar-refractivity contribution >= 4 is 29.3 Å². The van der Waals surface area contributed by atoms with Gasteiger partial charge in [0, 0.05) is 30.4 Å². The molecule has 37 heavy (non-hydrogen) atoms. The first-order valence-electron chi connectivity index (χ1n) is 12.2. The highest BCUT2D eigenvalue weighted by molar-refractivity contribution is 6.49. The molecule has 0 N–H and O–H groups in total. The SMILES string of the molecule is CC(C)(C)OC(=O)N1CCC[C@@H](N(C(=O)c2ccc(C3=NOC(C)(C)C3=O)cc2)c2ncccc2F)C1. The Morgan fingerprint density at radius 3 is 2.49 bits per heavy atom. The topological polar surface area (TPSA) is 101 Å². The van der Waals surface area contributed by atoms with E-state index in [1.165, 1.54) is 28.1 Å². The third-order valence-electron chi connectivity index (χ3n) is 6.13. The number of ether oxygens (including phenoxy) is 1. The monoisotopic (exact) mass is 510 g/mol. The van der Waals surface area contributed by atoms with E-state index >= 15 is 0 Å². The lowest BCUT2D eigenvalue weighted by atomic mass is 9.95. The molecule has 1 aromatic heterocycles. The Balaban J connectivity index is 1.62. The molecule has 0 saturated carbocycles. The van der Waals surface area contributed by atoms with Crippen LogP contribution in [0.4, 0.5) is 15.0 Å². The molecular formula is C27H31FN4O5. The second kappa shape index (κ2) is 9.91. The molecule has 1 fully saturated rings. The molecule has 0 radical (unpaired) electrons. The molecule has 196 valence electrons. The van der Waals surface area contributed by atoms with Crippen LogP contribution in [0.5, 0.6) is 0 Å². The van der Waals surface area contributed by atoms with E-state index < -0.39 is 35.1 Å². The van der Waals surface area contributed by atoms with Crippen LogP contribution in [-0.4, -0.2) is 63.7 Å². The zero-order valence-corrected chi connectivity index (χ0v) is 21.7. The number of benzene rings is 1. The van der Waals surface area contributed by atoms with Gasteiger partial charge in [-0.15, -0.1) is 0 Å². The van der Waals surface area contributed by atoms with Crippen LogP contribution in [0.2, 0.25) is 0 Å². The van der Waals surface area contributed by atoms with Crippen LogP contribution >= 0.6 is 0 Å². The van der Waals surface area contributed by atoms with Crippen molar-refractivity contribution in [2.45, 2.75) is 64.7 Å². The summed E-state index contributed by atoms with van der Waals surface area (Å²) in [5, 5.41) is 3.89. The molecule has 2 aliphatic heterocycles. The van der Waals surface area contributed by atoms with Crippen molar-refractivity contribution in [3.63, 3.8) is 0 Å². The number of oxime groups is 1. The summed E-state index contributed by atoms with van der Waals surface area (Å²) in [5.74, 6) is -1.49. The van der Waals surface area contributed by atoms with Crippen LogP contribution in [0, 0.1) is 5.82 Å². The zero-order valence-electron chi connectivity index (χ0n) is 21.7. The van der Waals surface area contributed by atoms with E-state index in [2.05, 4.69) is 10.1 Å². The fraction of sp³-hybridized carbons (Fsp3) is 0.444. The second-order valence-electron chi connectivity index (χ2n) is 10.7. The minimum Gasteiger partial charge on any atom is -0.444 e. The van der Waals surface area contributed by atoms with Gasteiger partial charge in [-0.25, -0.2) is 14.2 Å². The molecule has 9 nitrogen and oxygen atoms in total. The summed E-state index contributed by atoms with van der Waals surface area (Å²) in [6.45, 7) is 9.27. The highest BCUT2D eigenvalue weighted by atomic mass is 19.1. The summed E-state index contributed by atoms with van der Waals surface area (Å²) in [4.78, 5) is 51.2. The average Bonchev–Trinajstić information content (AvgIpc) is 3.12. The zero-order chi connectivity index (χ0) is 27.0. The van der Waals surface area contributed by atoms with E-state index in [-0.39, 0.29) is 29.4 Å². The number of hydrogen-bond donors (Lipinski definition) is 0. The largest absolute Gasteiger partial charge is 0.444 e. The lowest BCUT2D eigenvalue weighted by Gasteiger charge is -2.39. The standard InChI is InChI=1S/C27H31FN4O5/c1-26(2,3)36-25(35)31-15-7-8-19(16-31)32(23-20(28)9-6-14-29-23)24(34)18-12-10-17(11-13-18)21-22(33)27(4,5)37-30-21/h6,9-14,19H,7-8,15-16H2,1-5H3/t19-/m1/s1. The van der Waals surface area contributed by atoms with E-state index in [9.17, 15) is 18.8 Å². The Hall–Kier alpha value is -3.82. The van der Waals surface area contributed by atoms with E-state index in [0.717, 1.165) is 0 Å². The number of halogens is 1. The lowest BCUT2D eigenvalue weighted by Crippen LogP contribution is -2.53. The van der Waals surface area contributed by atoms with Crippen LogP contribution in [0.3, 0.4) is 0 Å². The summed E-state index contributed by atoms with van der Waals surface area (Å²) in [6.07, 6.45) is 2.10. The lowest BCUT2D eigenvalue weighted by molar-refractivity contribution is -0.128. The maximum atomic E-state index is 14.9. The Morgan fingerprint density at radius 1 is 1.19 bits per heavy atom. The van der Waals surface area contributed by atoms with Crippen molar-refractivity contribution < 1.29 is 28.3 Å². The highest BCUT2D eigenvalue weighted by Gasteiger charge is 2.40. The number of rotatable bonds is 4. The normalized spacial score (nSPS) is 19.2. The molecule has 1 saturated heterocycles. The summed E-state index contributed by atoms with van der Waals surface area (Å²) in [6, 6.07) is 8.50. The van der Waals surface area contributed by atoms with Gasteiger partial charge in [0.1, 0.15) is 5.60 Å². The first kappa shape index (κ1) is 26.2. The van der Waals surface area contributed by atoms with E-state index in [1.54, 1.807) is 58.9 Å². The Morgan fingerprint density at radius 2 is 1.89 bits per heavy atom. The minimum absolute atomic E-state index is 0.113. The average molecular weight is 511 g/mol. The van der Waals surface area contributed by atoms with Crippen LogP contribution in [-0.2, 0) is 14.4 Å². The van der Waals surface area contributed by atoms with Gasteiger partial charge in [0.05, 0.1) is 6.04 Å². The Kier molecular flexibility index (Phi) is 7.03. The number of carbonyl (C=O) groups excluding carboxylic acids is 3. The van der Waals surface area contributed by atoms with Crippen molar-refractivity contribution in [1.82, 2.24) is 9.88 Å². The minimum atomic E-state index is -1.04. The van der Waals surface area contributed by atoms with Gasteiger partial charge in [0.25, 0.3) is 5.91 Å². The number of carbonyl (C=O) groups is 3. The van der Waals surface area contributed by atoms with Crippen LogP contribution in [0.15, 0.2) is 47.8 Å². The predicted octanol–water partition coefficient (Wildman–Crippen LogP) is 4.35. The smallest absolute Gasteiger partial charge is 0.410 e. The summed E-state index contributed by atoms with van der Waals surface area (Å²) >= 11 is 0. The second-order valence-corrected chi connectivity index (χ2v) is 10.7. The molecule has 2 aromatic rings. The van der Waals surface area contributed by atoms with Crippen molar-refractivity contribution in [3.05, 3.63) is 59.5 Å². The van der Waals surface area contributed by atoms with Gasteiger partial charge in [-0.05, 0) is 71.7 Å². The molecule has 0 aliphatic carbocycles. The highest BCUT2D eigenvalue weighted by Crippen LogP contribution is 2.28. The number of likely N-dealkylation sites (tertiary alicyclic amines) is 1. The van der Waals surface area contributed by atoms with Crippen molar-refractivity contribution in [1.29, 1.82) is 0 Å². The number of pyridine rings is 1. The third kappa shape index (κ3) is 5.63. The van der Waals surface area contributed by atoms with Gasteiger partial charge in [0.2, 0.25) is 5.78 Å². The molecule has 4 rings (SSSR count). The van der Waals surface area contributed by atoms with Gasteiger partial charge in [0.15, 0.2) is 22.9 Å². The fourth-order valence-corrected chi connectivity index (χ4v) is 4.27. The van der Waals surface area contributed by atoms with Gasteiger partial charge >= 0.3 is 6.09 Å². The molecule has 1 atom stereocenters. The maximum Gasteiger partial charge on any atom is 0.410 e. The van der Waals surface area contributed by atoms with E-state index in [1.807, 2.05) is 0 Å². The molecule has 2 amide bonds. The van der Waals surface area contributed by atoms with Crippen LogP contribution in [0.1, 0.15) is 63.4 Å². The Bertz CT molecular complexity index is 1240. The summed E-state index contributed by atoms with van der Waals surface area (Å²) in [5.41, 5.74) is -0.750. The summed E-state index contributed by atoms with van der Waals surface area (Å²) < 4.78 is 20.4. The van der Waals surface area contributed by atoms with Gasteiger partial charge in [-0.1, -0.05) is 17.3 Å². The third-order valence-corrected chi connectivity index (χ3v) is 6.13. The molecule has 0 spiro atoms. The van der Waals surface area contributed by atoms with Crippen molar-refractivity contribution in [2.75, 3.05) is 18.0 Å². The summed E-state index contributed by atoms with van der Waals surface area (Å²) in [7, 11) is 0. The molecule has 0 unspecified atom stereocenters. The molecule has 3 heterocycles. The number of amides is 2. The Labute approximate surface area is 215 Å². The number of Topliss-reactive ketones (excluding diaryl/α,β-unsaturated/α-hetero) is 1. The first-order chi connectivity index (χ1) is 17.4. The predicted molar refractivity (Wildman–Crippen MR) is 135 cm³/mol. The molecule has 10 heteroatoms. The number of ketones is 1. The number of hydrogen-bond acceptors (Lipinski definition) is 7. The van der Waals surface area contributed by atoms with Crippen LogP contribution in [0.25, 0.3) is 0 Å². The number of piperidine rings is 1. The number of aromatic nitrogens is 1. The molecule has 1 aromatic carbocycles. The van der Waals surface area contributed by atoms with Gasteiger partial charge in [-0.3, -0.25) is 14.5 Å². The maximum absolute atomic E-state index is 14.9. The molecule has 2 aliphatic rings. The number of nitrogens with zero attached hydrogens (tertiary/aromatic N) is 4. The van der Waals surface area contributed by atoms with Crippen LogP contribution < -0.4 is 4.90 Å². The first-order valence-corrected chi connectivity index (χ1v) is 12.2. The van der Waals surface area contributed by atoms with E-state index in [4.69, 9.17) is 9.57 Å². The number of anilines is 1. The van der Waals surface area contributed by atoms with Crippen molar-refractivity contribution in [2.24, 2.45) is 5.16 Å². The van der Waals surface area contributed by atoms with Gasteiger partial charge in [-0.2, -0.15) is 0 Å². The van der Waals surface area contributed by atoms with Gasteiger partial charge < -0.3 is 14.5 Å².